The van der Waals surface area contributed by atoms with Crippen molar-refractivity contribution in [3.63, 3.8) is 0 Å². The lowest BCUT2D eigenvalue weighted by Crippen LogP contribution is -2.14. The van der Waals surface area contributed by atoms with Crippen molar-refractivity contribution in [2.75, 3.05) is 12.4 Å². The minimum absolute atomic E-state index is 0.145. The Kier molecular flexibility index (Phi) is 4.21. The maximum Gasteiger partial charge on any atom is 0.350 e. The number of thiophene rings is 1. The standard InChI is InChI=1S/C13H14N2O4S/c1-7-6-20-11(13(17)18-2)10(7)15-12(16)9-4-3-8(5-14)19-9/h3-4,6H,5,14H2,1-2H3,(H,15,16). The van der Waals surface area contributed by atoms with Crippen molar-refractivity contribution < 1.29 is 18.7 Å². The number of amides is 1. The van der Waals surface area contributed by atoms with Gasteiger partial charge in [0.2, 0.25) is 0 Å². The normalized spacial score (nSPS) is 10.3. The molecule has 0 saturated heterocycles. The second-order valence-electron chi connectivity index (χ2n) is 4.04. The number of carbonyl (C=O) groups is 2. The molecule has 0 spiro atoms. The van der Waals surface area contributed by atoms with E-state index in [1.54, 1.807) is 18.4 Å². The van der Waals surface area contributed by atoms with Gasteiger partial charge in [-0.2, -0.15) is 0 Å². The highest BCUT2D eigenvalue weighted by Gasteiger charge is 2.20. The summed E-state index contributed by atoms with van der Waals surface area (Å²) in [5, 5.41) is 4.44. The summed E-state index contributed by atoms with van der Waals surface area (Å²) in [6.07, 6.45) is 0. The number of rotatable bonds is 4. The van der Waals surface area contributed by atoms with E-state index in [4.69, 9.17) is 10.2 Å². The molecule has 7 heteroatoms. The van der Waals surface area contributed by atoms with Crippen LogP contribution in [0.5, 0.6) is 0 Å². The van der Waals surface area contributed by atoms with Gasteiger partial charge in [-0.3, -0.25) is 4.79 Å². The van der Waals surface area contributed by atoms with Gasteiger partial charge in [-0.1, -0.05) is 0 Å². The third-order valence-electron chi connectivity index (χ3n) is 2.67. The number of anilines is 1. The Labute approximate surface area is 119 Å². The monoisotopic (exact) mass is 294 g/mol. The second-order valence-corrected chi connectivity index (χ2v) is 4.92. The highest BCUT2D eigenvalue weighted by atomic mass is 32.1. The molecule has 0 aliphatic carbocycles. The van der Waals surface area contributed by atoms with E-state index in [1.165, 1.54) is 24.5 Å². The predicted molar refractivity (Wildman–Crippen MR) is 74.9 cm³/mol. The van der Waals surface area contributed by atoms with Crippen LogP contribution in [-0.4, -0.2) is 19.0 Å². The third kappa shape index (κ3) is 2.73. The Morgan fingerprint density at radius 2 is 2.20 bits per heavy atom. The number of esters is 1. The molecular formula is C13H14N2O4S. The molecule has 2 rings (SSSR count). The van der Waals surface area contributed by atoms with E-state index < -0.39 is 11.9 Å². The first-order valence-electron chi connectivity index (χ1n) is 5.83. The zero-order valence-corrected chi connectivity index (χ0v) is 11.9. The number of ether oxygens (including phenoxy) is 1. The van der Waals surface area contributed by atoms with Gasteiger partial charge in [-0.25, -0.2) is 4.79 Å². The van der Waals surface area contributed by atoms with Crippen LogP contribution < -0.4 is 11.1 Å². The quantitative estimate of drug-likeness (QED) is 0.842. The molecule has 1 amide bonds. The van der Waals surface area contributed by atoms with Gasteiger partial charge in [0.05, 0.1) is 19.3 Å². The van der Waals surface area contributed by atoms with Gasteiger partial charge in [-0.15, -0.1) is 11.3 Å². The molecule has 20 heavy (non-hydrogen) atoms. The van der Waals surface area contributed by atoms with Gasteiger partial charge >= 0.3 is 5.97 Å². The zero-order chi connectivity index (χ0) is 14.7. The van der Waals surface area contributed by atoms with Gasteiger partial charge < -0.3 is 20.2 Å². The highest BCUT2D eigenvalue weighted by molar-refractivity contribution is 7.12. The first-order chi connectivity index (χ1) is 9.56. The van der Waals surface area contributed by atoms with Gasteiger partial charge in [-0.05, 0) is 30.0 Å². The summed E-state index contributed by atoms with van der Waals surface area (Å²) in [7, 11) is 1.29. The average molecular weight is 294 g/mol. The molecule has 0 unspecified atom stereocenters. The number of furan rings is 1. The minimum atomic E-state index is -0.486. The Morgan fingerprint density at radius 3 is 2.80 bits per heavy atom. The number of hydrogen-bond acceptors (Lipinski definition) is 6. The van der Waals surface area contributed by atoms with E-state index in [9.17, 15) is 9.59 Å². The van der Waals surface area contributed by atoms with E-state index in [-0.39, 0.29) is 12.3 Å². The van der Waals surface area contributed by atoms with Crippen LogP contribution in [0.3, 0.4) is 0 Å². The van der Waals surface area contributed by atoms with Crippen LogP contribution in [0.4, 0.5) is 5.69 Å². The van der Waals surface area contributed by atoms with Crippen LogP contribution in [0, 0.1) is 6.92 Å². The first kappa shape index (κ1) is 14.3. The minimum Gasteiger partial charge on any atom is -0.465 e. The molecule has 6 nitrogen and oxygen atoms in total. The fourth-order valence-electron chi connectivity index (χ4n) is 1.63. The number of hydrogen-bond donors (Lipinski definition) is 2. The Hall–Kier alpha value is -2.12. The summed E-state index contributed by atoms with van der Waals surface area (Å²) >= 11 is 1.22. The molecular weight excluding hydrogens is 280 g/mol. The van der Waals surface area contributed by atoms with Crippen LogP contribution >= 0.6 is 11.3 Å². The largest absolute Gasteiger partial charge is 0.465 e. The van der Waals surface area contributed by atoms with Crippen LogP contribution in [0.1, 0.15) is 31.6 Å². The lowest BCUT2D eigenvalue weighted by atomic mass is 10.2. The fraction of sp³-hybridized carbons (Fsp3) is 0.231. The molecule has 0 aromatic carbocycles. The number of aryl methyl sites for hydroxylation is 1. The molecule has 2 aromatic rings. The average Bonchev–Trinajstić information content (AvgIpc) is 3.06. The lowest BCUT2D eigenvalue weighted by Gasteiger charge is -2.05. The fourth-order valence-corrected chi connectivity index (χ4v) is 2.55. The molecule has 106 valence electrons. The maximum absolute atomic E-state index is 12.1. The van der Waals surface area contributed by atoms with Crippen molar-refractivity contribution in [1.29, 1.82) is 0 Å². The molecule has 0 aliphatic rings. The van der Waals surface area contributed by atoms with Crippen LogP contribution in [-0.2, 0) is 11.3 Å². The van der Waals surface area contributed by atoms with Crippen LogP contribution in [0.15, 0.2) is 21.9 Å². The summed E-state index contributed by atoms with van der Waals surface area (Å²) in [5.74, 6) is -0.255. The van der Waals surface area contributed by atoms with E-state index in [1.807, 2.05) is 0 Å². The maximum atomic E-state index is 12.1. The zero-order valence-electron chi connectivity index (χ0n) is 11.1. The Morgan fingerprint density at radius 1 is 1.45 bits per heavy atom. The lowest BCUT2D eigenvalue weighted by molar-refractivity contribution is 0.0607. The van der Waals surface area contributed by atoms with Crippen molar-refractivity contribution in [2.24, 2.45) is 5.73 Å². The Bertz CT molecular complexity index is 645. The number of nitrogens with two attached hydrogens (primary N) is 1. The molecule has 0 bridgehead atoms. The molecule has 0 atom stereocenters. The third-order valence-corrected chi connectivity index (χ3v) is 3.75. The Balaban J connectivity index is 2.23. The molecule has 3 N–H and O–H groups in total. The molecule has 0 fully saturated rings. The highest BCUT2D eigenvalue weighted by Crippen LogP contribution is 2.28. The van der Waals surface area contributed by atoms with Crippen molar-refractivity contribution in [3.05, 3.63) is 39.5 Å². The molecule has 2 heterocycles. The SMILES string of the molecule is COC(=O)c1scc(C)c1NC(=O)c1ccc(CN)o1. The summed E-state index contributed by atoms with van der Waals surface area (Å²) in [6, 6.07) is 3.17. The number of carbonyl (C=O) groups excluding carboxylic acids is 2. The molecule has 0 saturated carbocycles. The van der Waals surface area contributed by atoms with Gasteiger partial charge in [0, 0.05) is 0 Å². The topological polar surface area (TPSA) is 94.6 Å². The van der Waals surface area contributed by atoms with Crippen LogP contribution in [0.25, 0.3) is 0 Å². The molecule has 2 aromatic heterocycles. The van der Waals surface area contributed by atoms with Crippen LogP contribution in [0.2, 0.25) is 0 Å². The molecule has 0 aliphatic heterocycles. The van der Waals surface area contributed by atoms with E-state index in [2.05, 4.69) is 10.1 Å². The summed E-state index contributed by atoms with van der Waals surface area (Å²) in [4.78, 5) is 24.0. The summed E-state index contributed by atoms with van der Waals surface area (Å²) < 4.78 is 9.94. The van der Waals surface area contributed by atoms with E-state index in [0.717, 1.165) is 5.56 Å². The van der Waals surface area contributed by atoms with Gasteiger partial charge in [0.1, 0.15) is 10.6 Å². The van der Waals surface area contributed by atoms with Gasteiger partial charge in [0.25, 0.3) is 5.91 Å². The predicted octanol–water partition coefficient (Wildman–Crippen LogP) is 2.15. The second kappa shape index (κ2) is 5.89. The summed E-state index contributed by atoms with van der Waals surface area (Å²) in [5.41, 5.74) is 6.65. The van der Waals surface area contributed by atoms with Crippen molar-refractivity contribution in [3.8, 4) is 0 Å². The van der Waals surface area contributed by atoms with E-state index >= 15 is 0 Å². The molecule has 0 radical (unpaired) electrons. The van der Waals surface area contributed by atoms with Crippen molar-refractivity contribution in [2.45, 2.75) is 13.5 Å². The van der Waals surface area contributed by atoms with Crippen molar-refractivity contribution >= 4 is 28.9 Å². The number of nitrogens with one attached hydrogen (secondary N) is 1. The smallest absolute Gasteiger partial charge is 0.350 e. The first-order valence-corrected chi connectivity index (χ1v) is 6.71. The van der Waals surface area contributed by atoms with Crippen molar-refractivity contribution in [1.82, 2.24) is 0 Å². The number of methoxy groups -OCH3 is 1. The summed E-state index contributed by atoms with van der Waals surface area (Å²) in [6.45, 7) is 2.02. The van der Waals surface area contributed by atoms with Gasteiger partial charge in [0.15, 0.2) is 5.76 Å². The van der Waals surface area contributed by atoms with E-state index in [0.29, 0.717) is 16.3 Å².